The van der Waals surface area contributed by atoms with Gasteiger partial charge in [0.1, 0.15) is 11.7 Å². The standard InChI is InChI=1S/C23H23N10/c1-31-9-11-32(12-10-31)18-4-2-17(3-5-18)28-23-29-21-16-24-8-13-33(21,30-23)19-14-20-22(27-15-19)26-7-6-25-20/h2-8,13-16H,9-12H2,1H3,(H,28,30)/q+1. The van der Waals surface area contributed by atoms with Crippen LogP contribution >= 0.6 is 0 Å². The van der Waals surface area contributed by atoms with Crippen LogP contribution in [0.5, 0.6) is 0 Å². The predicted octanol–water partition coefficient (Wildman–Crippen LogP) is 2.43. The fourth-order valence-corrected chi connectivity index (χ4v) is 4.19. The van der Waals surface area contributed by atoms with Gasteiger partial charge < -0.3 is 15.1 Å². The van der Waals surface area contributed by atoms with Gasteiger partial charge >= 0.3 is 0 Å². The number of likely N-dealkylation sites (N-methyl/N-ethyl adjacent to an activating group) is 1. The second kappa shape index (κ2) is 7.84. The summed E-state index contributed by atoms with van der Waals surface area (Å²) in [5.41, 5.74) is 4.26. The highest BCUT2D eigenvalue weighted by atomic mass is 15.7. The number of amidine groups is 1. The van der Waals surface area contributed by atoms with Gasteiger partial charge in [0.15, 0.2) is 17.5 Å². The van der Waals surface area contributed by atoms with Gasteiger partial charge in [0, 0.05) is 56.0 Å². The zero-order valence-electron chi connectivity index (χ0n) is 18.2. The molecule has 6 rings (SSSR count). The number of hydrogen-bond acceptors (Lipinski definition) is 9. The number of hydrogen-bond donors (Lipinski definition) is 1. The predicted molar refractivity (Wildman–Crippen MR) is 131 cm³/mol. The summed E-state index contributed by atoms with van der Waals surface area (Å²) in [7, 11) is 2.17. The highest BCUT2D eigenvalue weighted by Crippen LogP contribution is 2.32. The van der Waals surface area contributed by atoms with Crippen molar-refractivity contribution in [2.75, 3.05) is 43.4 Å². The molecule has 3 aliphatic rings. The Balaban J connectivity index is 1.27. The lowest BCUT2D eigenvalue weighted by Gasteiger charge is -2.34. The van der Waals surface area contributed by atoms with Crippen LogP contribution in [0.1, 0.15) is 0 Å². The monoisotopic (exact) mass is 439 g/mol. The first-order valence-corrected chi connectivity index (χ1v) is 10.9. The zero-order chi connectivity index (χ0) is 22.3. The number of nitrogens with zero attached hydrogens (tertiary/aromatic N) is 9. The first kappa shape index (κ1) is 19.6. The summed E-state index contributed by atoms with van der Waals surface area (Å²) < 4.78 is 0.0464. The average molecular weight is 440 g/mol. The van der Waals surface area contributed by atoms with Crippen LogP contribution in [0.4, 0.5) is 17.1 Å². The van der Waals surface area contributed by atoms with E-state index in [2.05, 4.69) is 66.4 Å². The van der Waals surface area contributed by atoms with Gasteiger partial charge in [0.25, 0.3) is 11.8 Å². The Kier molecular flexibility index (Phi) is 4.67. The highest BCUT2D eigenvalue weighted by molar-refractivity contribution is 6.38. The number of nitrogens with one attached hydrogen (secondary N) is 1. The highest BCUT2D eigenvalue weighted by Gasteiger charge is 2.43. The number of aromatic nitrogens is 3. The number of rotatable bonds is 3. The van der Waals surface area contributed by atoms with Gasteiger partial charge in [-0.3, -0.25) is 9.98 Å². The van der Waals surface area contributed by atoms with E-state index >= 15 is 0 Å². The second-order valence-corrected chi connectivity index (χ2v) is 8.21. The molecule has 3 aromatic rings. The number of pyridine rings is 1. The third-order valence-electron chi connectivity index (χ3n) is 6.08. The third kappa shape index (κ3) is 3.55. The molecule has 3 aliphatic heterocycles. The van der Waals surface area contributed by atoms with Crippen LogP contribution in [0.2, 0.25) is 0 Å². The van der Waals surface area contributed by atoms with Crippen LogP contribution < -0.4 is 14.8 Å². The van der Waals surface area contributed by atoms with Crippen molar-refractivity contribution in [3.8, 4) is 0 Å². The lowest BCUT2D eigenvalue weighted by molar-refractivity contribution is 0.313. The normalized spacial score (nSPS) is 22.3. The Morgan fingerprint density at radius 1 is 0.970 bits per heavy atom. The average Bonchev–Trinajstić information content (AvgIpc) is 3.24. The molecule has 1 fully saturated rings. The fourth-order valence-electron chi connectivity index (χ4n) is 4.19. The van der Waals surface area contributed by atoms with Crippen LogP contribution in [-0.4, -0.2) is 71.1 Å². The van der Waals surface area contributed by atoms with Gasteiger partial charge in [-0.05, 0) is 36.4 Å². The molecule has 1 atom stereocenters. The van der Waals surface area contributed by atoms with E-state index in [4.69, 9.17) is 10.1 Å². The quantitative estimate of drug-likeness (QED) is 0.630. The molecule has 2 aromatic heterocycles. The van der Waals surface area contributed by atoms with Crippen LogP contribution in [0.15, 0.2) is 76.4 Å². The van der Waals surface area contributed by atoms with E-state index < -0.39 is 0 Å². The minimum atomic E-state index is 0.0464. The van der Waals surface area contributed by atoms with Gasteiger partial charge in [-0.25, -0.2) is 9.97 Å². The smallest absolute Gasteiger partial charge is 0.287 e. The molecule has 33 heavy (non-hydrogen) atoms. The third-order valence-corrected chi connectivity index (χ3v) is 6.08. The van der Waals surface area contributed by atoms with Gasteiger partial charge in [-0.1, -0.05) is 4.59 Å². The number of fused-ring (bicyclic) bond motifs is 2. The van der Waals surface area contributed by atoms with Gasteiger partial charge in [-0.15, -0.1) is 0 Å². The van der Waals surface area contributed by atoms with Crippen LogP contribution in [0.25, 0.3) is 11.2 Å². The molecule has 0 spiro atoms. The molecular weight excluding hydrogens is 416 g/mol. The van der Waals surface area contributed by atoms with E-state index in [1.165, 1.54) is 5.69 Å². The summed E-state index contributed by atoms with van der Waals surface area (Å²) in [5, 5.41) is 8.23. The van der Waals surface area contributed by atoms with Gasteiger partial charge in [0.05, 0.1) is 12.4 Å². The molecule has 10 heteroatoms. The molecular formula is C23H23N10+. The number of anilines is 2. The maximum atomic E-state index is 4.89. The summed E-state index contributed by atoms with van der Waals surface area (Å²) in [4.78, 5) is 26.8. The summed E-state index contributed by atoms with van der Waals surface area (Å²) in [5.74, 6) is 1.19. The van der Waals surface area contributed by atoms with Crippen molar-refractivity contribution in [3.63, 3.8) is 0 Å². The van der Waals surface area contributed by atoms with E-state index in [1.807, 2.05) is 12.3 Å². The molecule has 0 amide bonds. The minimum absolute atomic E-state index is 0.0464. The summed E-state index contributed by atoms with van der Waals surface area (Å²) in [6.45, 7) is 4.25. The number of benzene rings is 1. The maximum absolute atomic E-state index is 4.89. The molecule has 1 unspecified atom stereocenters. The molecule has 0 saturated carbocycles. The van der Waals surface area contributed by atoms with Crippen molar-refractivity contribution in [2.45, 2.75) is 0 Å². The molecule has 164 valence electrons. The first-order chi connectivity index (χ1) is 16.2. The van der Waals surface area contributed by atoms with E-state index in [1.54, 1.807) is 31.0 Å². The Morgan fingerprint density at radius 3 is 2.64 bits per heavy atom. The lowest BCUT2D eigenvalue weighted by atomic mass is 10.2. The largest absolute Gasteiger partial charge is 0.369 e. The van der Waals surface area contributed by atoms with Crippen molar-refractivity contribution >= 4 is 46.2 Å². The van der Waals surface area contributed by atoms with Crippen molar-refractivity contribution in [1.82, 2.24) is 24.4 Å². The maximum Gasteiger partial charge on any atom is 0.287 e. The minimum Gasteiger partial charge on any atom is -0.369 e. The van der Waals surface area contributed by atoms with Gasteiger partial charge in [-0.2, -0.15) is 4.99 Å². The van der Waals surface area contributed by atoms with Crippen molar-refractivity contribution in [1.29, 1.82) is 0 Å². The van der Waals surface area contributed by atoms with Crippen LogP contribution in [0.3, 0.4) is 0 Å². The van der Waals surface area contributed by atoms with Crippen molar-refractivity contribution in [3.05, 3.63) is 61.3 Å². The Bertz CT molecular complexity index is 1320. The van der Waals surface area contributed by atoms with E-state index in [0.29, 0.717) is 23.0 Å². The second-order valence-electron chi connectivity index (χ2n) is 8.21. The van der Waals surface area contributed by atoms with Crippen LogP contribution in [0, 0.1) is 0 Å². The number of quaternary nitrogens is 1. The first-order valence-electron chi connectivity index (χ1n) is 10.9. The van der Waals surface area contributed by atoms with Gasteiger partial charge in [0.2, 0.25) is 0 Å². The SMILES string of the molecule is CN1CCN(c2ccc(NC3=N[N+]4(c5cnc6nccnc6c5)C=CN=CC4=N3)cc2)CC1. The molecule has 0 aliphatic carbocycles. The zero-order valence-corrected chi connectivity index (χ0v) is 18.2. The van der Waals surface area contributed by atoms with E-state index in [0.717, 1.165) is 37.6 Å². The Labute approximate surface area is 190 Å². The molecule has 10 nitrogen and oxygen atoms in total. The van der Waals surface area contributed by atoms with E-state index in [9.17, 15) is 0 Å². The van der Waals surface area contributed by atoms with Crippen LogP contribution in [-0.2, 0) is 0 Å². The lowest BCUT2D eigenvalue weighted by Crippen LogP contribution is -2.44. The number of aliphatic imine (C=N–C) groups is 2. The molecule has 1 saturated heterocycles. The summed E-state index contributed by atoms with van der Waals surface area (Å²) in [6, 6.07) is 10.3. The number of guanidine groups is 1. The van der Waals surface area contributed by atoms with E-state index in [-0.39, 0.29) is 4.59 Å². The fraction of sp³-hybridized carbons (Fsp3) is 0.217. The topological polar surface area (TPSA) is 94.3 Å². The summed E-state index contributed by atoms with van der Waals surface area (Å²) in [6.07, 6.45) is 10.4. The molecule has 0 bridgehead atoms. The Hall–Kier alpha value is -4.02. The molecule has 0 radical (unpaired) electrons. The molecule has 5 heterocycles. The van der Waals surface area contributed by atoms with Crippen molar-refractivity contribution in [2.24, 2.45) is 15.1 Å². The molecule has 1 N–H and O–H groups in total. The Morgan fingerprint density at radius 2 is 1.79 bits per heavy atom. The molecule has 1 aromatic carbocycles. The summed E-state index contributed by atoms with van der Waals surface area (Å²) >= 11 is 0. The number of piperazine rings is 1. The van der Waals surface area contributed by atoms with Crippen molar-refractivity contribution < 1.29 is 0 Å².